The number of amides is 1. The summed E-state index contributed by atoms with van der Waals surface area (Å²) in [6.07, 6.45) is 1.33. The van der Waals surface area contributed by atoms with E-state index in [9.17, 15) is 9.90 Å². The van der Waals surface area contributed by atoms with Crippen LogP contribution in [-0.4, -0.2) is 40.7 Å². The highest BCUT2D eigenvalue weighted by Gasteiger charge is 2.27. The molecule has 0 bridgehead atoms. The molecule has 1 unspecified atom stereocenters. The molecule has 1 saturated heterocycles. The molecule has 1 aromatic heterocycles. The summed E-state index contributed by atoms with van der Waals surface area (Å²) in [4.78, 5) is 14.1. The van der Waals surface area contributed by atoms with Crippen molar-refractivity contribution in [3.05, 3.63) is 47.7 Å². The van der Waals surface area contributed by atoms with Gasteiger partial charge in [-0.25, -0.2) is 0 Å². The average Bonchev–Trinajstić information content (AvgIpc) is 3.00. The minimum atomic E-state index is -0.431. The lowest BCUT2D eigenvalue weighted by Crippen LogP contribution is -2.40. The number of hydrogen-bond donors (Lipinski definition) is 2. The summed E-state index contributed by atoms with van der Waals surface area (Å²) >= 11 is 0. The maximum absolute atomic E-state index is 12.0. The molecule has 24 heavy (non-hydrogen) atoms. The number of aromatic nitrogens is 1. The second kappa shape index (κ2) is 7.59. The van der Waals surface area contributed by atoms with Crippen molar-refractivity contribution in [1.82, 2.24) is 10.1 Å². The number of carbonyl (C=O) groups excluding carboxylic acids is 1. The van der Waals surface area contributed by atoms with E-state index in [1.807, 2.05) is 37.3 Å². The fourth-order valence-corrected chi connectivity index (χ4v) is 3.15. The largest absolute Gasteiger partial charge is 0.388 e. The summed E-state index contributed by atoms with van der Waals surface area (Å²) in [7, 11) is 0. The maximum Gasteiger partial charge on any atom is 0.240 e. The summed E-state index contributed by atoms with van der Waals surface area (Å²) in [5.41, 5.74) is 1.70. The number of aliphatic hydroxyl groups excluding tert-OH is 1. The van der Waals surface area contributed by atoms with Crippen LogP contribution in [-0.2, 0) is 4.79 Å². The first-order chi connectivity index (χ1) is 11.6. The average molecular weight is 329 g/mol. The van der Waals surface area contributed by atoms with Crippen molar-refractivity contribution in [3.8, 4) is 0 Å². The molecule has 1 fully saturated rings. The molecule has 2 aromatic rings. The smallest absolute Gasteiger partial charge is 0.240 e. The molecule has 1 atom stereocenters. The van der Waals surface area contributed by atoms with Crippen molar-refractivity contribution in [2.75, 3.05) is 25.0 Å². The number of nitrogens with zero attached hydrogens (tertiary/aromatic N) is 2. The molecular weight excluding hydrogens is 306 g/mol. The molecule has 1 aromatic carbocycles. The molecule has 128 valence electrons. The molecule has 6 nitrogen and oxygen atoms in total. The van der Waals surface area contributed by atoms with Crippen LogP contribution in [0.25, 0.3) is 0 Å². The van der Waals surface area contributed by atoms with E-state index in [-0.39, 0.29) is 11.8 Å². The Balaban J connectivity index is 1.46. The summed E-state index contributed by atoms with van der Waals surface area (Å²) < 4.78 is 4.99. The second-order valence-corrected chi connectivity index (χ2v) is 6.35. The van der Waals surface area contributed by atoms with Crippen LogP contribution in [0.3, 0.4) is 0 Å². The number of likely N-dealkylation sites (tertiary alicyclic amines) is 1. The zero-order valence-electron chi connectivity index (χ0n) is 13.8. The predicted molar refractivity (Wildman–Crippen MR) is 90.4 cm³/mol. The van der Waals surface area contributed by atoms with Crippen LogP contribution in [0.1, 0.15) is 30.2 Å². The standard InChI is InChI=1S/C18H23N3O3/c1-13-11-17(24-20-13)19-16(22)12-21-9-7-15(8-10-21)18(23)14-5-3-2-4-6-14/h2-6,11,15,18,23H,7-10,12H2,1H3,(H,19,22). The van der Waals surface area contributed by atoms with Crippen LogP contribution in [0.2, 0.25) is 0 Å². The van der Waals surface area contributed by atoms with Gasteiger partial charge in [0.2, 0.25) is 11.8 Å². The quantitative estimate of drug-likeness (QED) is 0.880. The predicted octanol–water partition coefficient (Wildman–Crippen LogP) is 2.37. The topological polar surface area (TPSA) is 78.6 Å². The van der Waals surface area contributed by atoms with Crippen LogP contribution in [0, 0.1) is 12.8 Å². The fraction of sp³-hybridized carbons (Fsp3) is 0.444. The Bertz CT molecular complexity index is 663. The van der Waals surface area contributed by atoms with Gasteiger partial charge >= 0.3 is 0 Å². The van der Waals surface area contributed by atoms with Crippen molar-refractivity contribution in [3.63, 3.8) is 0 Å². The third-order valence-corrected chi connectivity index (χ3v) is 4.48. The molecule has 0 aliphatic carbocycles. The number of hydrogen-bond acceptors (Lipinski definition) is 5. The van der Waals surface area contributed by atoms with E-state index in [2.05, 4.69) is 15.4 Å². The lowest BCUT2D eigenvalue weighted by molar-refractivity contribution is -0.117. The molecule has 0 saturated carbocycles. The van der Waals surface area contributed by atoms with E-state index in [4.69, 9.17) is 4.52 Å². The monoisotopic (exact) mass is 329 g/mol. The van der Waals surface area contributed by atoms with Gasteiger partial charge in [0, 0.05) is 6.07 Å². The third-order valence-electron chi connectivity index (χ3n) is 4.48. The molecule has 1 aliphatic heterocycles. The Kier molecular flexibility index (Phi) is 5.27. The minimum Gasteiger partial charge on any atom is -0.388 e. The normalized spacial score (nSPS) is 17.6. The van der Waals surface area contributed by atoms with Gasteiger partial charge in [0.25, 0.3) is 0 Å². The summed E-state index contributed by atoms with van der Waals surface area (Å²) in [6, 6.07) is 11.5. The molecule has 2 heterocycles. The Hall–Kier alpha value is -2.18. The van der Waals surface area contributed by atoms with Crippen molar-refractivity contribution in [1.29, 1.82) is 0 Å². The number of piperidine rings is 1. The molecule has 3 rings (SSSR count). The van der Waals surface area contributed by atoms with Gasteiger partial charge in [-0.05, 0) is 44.3 Å². The maximum atomic E-state index is 12.0. The van der Waals surface area contributed by atoms with Gasteiger partial charge in [0.05, 0.1) is 18.3 Å². The van der Waals surface area contributed by atoms with Gasteiger partial charge in [-0.3, -0.25) is 15.0 Å². The van der Waals surface area contributed by atoms with E-state index in [0.29, 0.717) is 12.4 Å². The lowest BCUT2D eigenvalue weighted by atomic mass is 9.87. The summed E-state index contributed by atoms with van der Waals surface area (Å²) in [6.45, 7) is 3.74. The first kappa shape index (κ1) is 16.7. The number of nitrogens with one attached hydrogen (secondary N) is 1. The SMILES string of the molecule is Cc1cc(NC(=O)CN2CCC(C(O)c3ccccc3)CC2)on1. The third kappa shape index (κ3) is 4.21. The van der Waals surface area contributed by atoms with Crippen LogP contribution in [0.4, 0.5) is 5.88 Å². The molecule has 1 amide bonds. The molecular formula is C18H23N3O3. The van der Waals surface area contributed by atoms with Crippen molar-refractivity contribution in [2.24, 2.45) is 5.92 Å². The van der Waals surface area contributed by atoms with Crippen LogP contribution in [0.15, 0.2) is 40.9 Å². The van der Waals surface area contributed by atoms with E-state index in [1.54, 1.807) is 6.07 Å². The minimum absolute atomic E-state index is 0.104. The van der Waals surface area contributed by atoms with E-state index in [0.717, 1.165) is 37.2 Å². The number of aliphatic hydroxyl groups is 1. The van der Waals surface area contributed by atoms with E-state index >= 15 is 0 Å². The number of aryl methyl sites for hydroxylation is 1. The van der Waals surface area contributed by atoms with Crippen molar-refractivity contribution < 1.29 is 14.4 Å². The fourth-order valence-electron chi connectivity index (χ4n) is 3.15. The van der Waals surface area contributed by atoms with Gasteiger partial charge in [-0.1, -0.05) is 35.5 Å². The van der Waals surface area contributed by atoms with Gasteiger partial charge < -0.3 is 9.63 Å². The van der Waals surface area contributed by atoms with Crippen LogP contribution < -0.4 is 5.32 Å². The Morgan fingerprint density at radius 2 is 2.08 bits per heavy atom. The Morgan fingerprint density at radius 3 is 2.71 bits per heavy atom. The summed E-state index contributed by atoms with van der Waals surface area (Å²) in [5, 5.41) is 16.9. The molecule has 6 heteroatoms. The van der Waals surface area contributed by atoms with Gasteiger partial charge in [-0.2, -0.15) is 0 Å². The highest BCUT2D eigenvalue weighted by Crippen LogP contribution is 2.30. The number of rotatable bonds is 5. The second-order valence-electron chi connectivity index (χ2n) is 6.35. The van der Waals surface area contributed by atoms with Crippen molar-refractivity contribution in [2.45, 2.75) is 25.9 Å². The van der Waals surface area contributed by atoms with Crippen molar-refractivity contribution >= 4 is 11.8 Å². The highest BCUT2D eigenvalue weighted by atomic mass is 16.5. The molecule has 1 aliphatic rings. The Morgan fingerprint density at radius 1 is 1.38 bits per heavy atom. The van der Waals surface area contributed by atoms with Crippen LogP contribution >= 0.6 is 0 Å². The number of benzene rings is 1. The molecule has 2 N–H and O–H groups in total. The van der Waals surface area contributed by atoms with Gasteiger partial charge in [0.1, 0.15) is 0 Å². The van der Waals surface area contributed by atoms with Gasteiger partial charge in [-0.15, -0.1) is 0 Å². The van der Waals surface area contributed by atoms with E-state index in [1.165, 1.54) is 0 Å². The lowest BCUT2D eigenvalue weighted by Gasteiger charge is -2.33. The zero-order chi connectivity index (χ0) is 16.9. The van der Waals surface area contributed by atoms with Crippen LogP contribution in [0.5, 0.6) is 0 Å². The van der Waals surface area contributed by atoms with Gasteiger partial charge in [0.15, 0.2) is 0 Å². The molecule has 0 radical (unpaired) electrons. The number of anilines is 1. The first-order valence-electron chi connectivity index (χ1n) is 8.30. The zero-order valence-corrected chi connectivity index (χ0v) is 13.8. The summed E-state index contributed by atoms with van der Waals surface area (Å²) in [5.74, 6) is 0.517. The highest BCUT2D eigenvalue weighted by molar-refractivity contribution is 5.90. The van der Waals surface area contributed by atoms with E-state index < -0.39 is 6.10 Å². The number of carbonyl (C=O) groups is 1. The Labute approximate surface area is 141 Å². The first-order valence-corrected chi connectivity index (χ1v) is 8.30. The molecule has 0 spiro atoms.